The maximum Gasteiger partial charge on any atom is 0.225 e. The summed E-state index contributed by atoms with van der Waals surface area (Å²) in [4.78, 5) is 15.6. The zero-order valence-electron chi connectivity index (χ0n) is 11.4. The Balaban J connectivity index is 1.97. The quantitative estimate of drug-likeness (QED) is 0.520. The Labute approximate surface area is 127 Å². The number of carbonyl (C=O) groups is 1. The highest BCUT2D eigenvalue weighted by molar-refractivity contribution is 7.99. The Morgan fingerprint density at radius 1 is 1.27 bits per heavy atom. The molecule has 0 unspecified atom stereocenters. The van der Waals surface area contributed by atoms with Crippen molar-refractivity contribution >= 4 is 23.4 Å². The lowest BCUT2D eigenvalue weighted by Gasteiger charge is -2.08. The van der Waals surface area contributed by atoms with Crippen LogP contribution in [0.1, 0.15) is 6.42 Å². The van der Waals surface area contributed by atoms with Crippen LogP contribution in [0.15, 0.2) is 23.6 Å². The molecule has 1 heterocycles. The summed E-state index contributed by atoms with van der Waals surface area (Å²) in [6, 6.07) is 0.0806. The molecule has 118 valence electrons. The standard InChI is InChI=1S/C13H11F4N3OS/c1-20-4-3-18-13(20)22-5-2-9(21)19-12-10(16)7(14)6-8(15)11(12)17/h3-4,6H,2,5H2,1H3,(H,19,21). The van der Waals surface area contributed by atoms with Crippen LogP contribution in [-0.4, -0.2) is 21.2 Å². The molecule has 4 nitrogen and oxygen atoms in total. The molecule has 1 aromatic carbocycles. The maximum absolute atomic E-state index is 13.4. The summed E-state index contributed by atoms with van der Waals surface area (Å²) in [5.41, 5.74) is -1.12. The van der Waals surface area contributed by atoms with Crippen LogP contribution < -0.4 is 5.32 Å². The highest BCUT2D eigenvalue weighted by atomic mass is 32.2. The molecule has 1 aromatic heterocycles. The number of hydrogen-bond donors (Lipinski definition) is 1. The molecule has 2 aromatic rings. The predicted molar refractivity (Wildman–Crippen MR) is 73.5 cm³/mol. The first-order valence-corrected chi connectivity index (χ1v) is 7.11. The lowest BCUT2D eigenvalue weighted by Crippen LogP contribution is -2.16. The van der Waals surface area contributed by atoms with E-state index < -0.39 is 34.9 Å². The van der Waals surface area contributed by atoms with Gasteiger partial charge in [0.25, 0.3) is 0 Å². The first kappa shape index (κ1) is 16.3. The Hall–Kier alpha value is -2.03. The van der Waals surface area contributed by atoms with E-state index in [4.69, 9.17) is 0 Å². The molecule has 0 atom stereocenters. The molecule has 22 heavy (non-hydrogen) atoms. The summed E-state index contributed by atoms with van der Waals surface area (Å²) in [5, 5.41) is 2.51. The van der Waals surface area contributed by atoms with E-state index in [1.165, 1.54) is 11.8 Å². The summed E-state index contributed by atoms with van der Waals surface area (Å²) in [7, 11) is 1.77. The average Bonchev–Trinajstić information content (AvgIpc) is 2.87. The number of hydrogen-bond acceptors (Lipinski definition) is 3. The van der Waals surface area contributed by atoms with Gasteiger partial charge in [0, 0.05) is 37.7 Å². The number of benzene rings is 1. The fourth-order valence-corrected chi connectivity index (χ4v) is 2.48. The maximum atomic E-state index is 13.4. The second kappa shape index (κ2) is 6.82. The molecule has 0 radical (unpaired) electrons. The number of carbonyl (C=O) groups excluding carboxylic acids is 1. The minimum absolute atomic E-state index is 0.0806. The minimum atomic E-state index is -1.64. The van der Waals surface area contributed by atoms with Crippen LogP contribution in [0.25, 0.3) is 0 Å². The third kappa shape index (κ3) is 3.59. The Morgan fingerprint density at radius 2 is 1.91 bits per heavy atom. The SMILES string of the molecule is Cn1ccnc1SCCC(=O)Nc1c(F)c(F)cc(F)c1F. The molecule has 9 heteroatoms. The van der Waals surface area contributed by atoms with Crippen molar-refractivity contribution in [1.29, 1.82) is 0 Å². The number of rotatable bonds is 5. The molecule has 1 amide bonds. The molecular weight excluding hydrogens is 322 g/mol. The third-order valence-electron chi connectivity index (χ3n) is 2.71. The van der Waals surface area contributed by atoms with Crippen molar-refractivity contribution in [3.8, 4) is 0 Å². The zero-order valence-corrected chi connectivity index (χ0v) is 12.2. The summed E-state index contributed by atoms with van der Waals surface area (Å²) in [5.74, 6) is -6.89. The largest absolute Gasteiger partial charge is 0.329 e. The van der Waals surface area contributed by atoms with Gasteiger partial charge in [0.05, 0.1) is 0 Å². The van der Waals surface area contributed by atoms with Crippen LogP contribution in [0, 0.1) is 23.3 Å². The summed E-state index contributed by atoms with van der Waals surface area (Å²) < 4.78 is 54.5. The van der Waals surface area contributed by atoms with E-state index in [2.05, 4.69) is 4.98 Å². The highest BCUT2D eigenvalue weighted by Gasteiger charge is 2.20. The van der Waals surface area contributed by atoms with Crippen LogP contribution in [0.4, 0.5) is 23.2 Å². The lowest BCUT2D eigenvalue weighted by molar-refractivity contribution is -0.115. The van der Waals surface area contributed by atoms with Gasteiger partial charge in [0.2, 0.25) is 5.91 Å². The van der Waals surface area contributed by atoms with Crippen LogP contribution in [0.2, 0.25) is 0 Å². The van der Waals surface area contributed by atoms with Crippen LogP contribution in [0.5, 0.6) is 0 Å². The number of amides is 1. The number of aryl methyl sites for hydroxylation is 1. The van der Waals surface area contributed by atoms with E-state index >= 15 is 0 Å². The van der Waals surface area contributed by atoms with Gasteiger partial charge in [0.1, 0.15) is 5.69 Å². The van der Waals surface area contributed by atoms with E-state index in [0.29, 0.717) is 5.16 Å². The average molecular weight is 333 g/mol. The van der Waals surface area contributed by atoms with Crippen molar-refractivity contribution in [2.24, 2.45) is 7.05 Å². The predicted octanol–water partition coefficient (Wildman–Crippen LogP) is 3.10. The normalized spacial score (nSPS) is 10.8. The summed E-state index contributed by atoms with van der Waals surface area (Å²) >= 11 is 1.26. The van der Waals surface area contributed by atoms with Crippen molar-refractivity contribution in [2.45, 2.75) is 11.6 Å². The number of imidazole rings is 1. The summed E-state index contributed by atoms with van der Waals surface area (Å²) in [6.07, 6.45) is 3.21. The Morgan fingerprint density at radius 3 is 2.45 bits per heavy atom. The first-order chi connectivity index (χ1) is 10.4. The van der Waals surface area contributed by atoms with Crippen molar-refractivity contribution in [2.75, 3.05) is 11.1 Å². The van der Waals surface area contributed by atoms with Gasteiger partial charge < -0.3 is 9.88 Å². The molecule has 0 bridgehead atoms. The second-order valence-corrected chi connectivity index (χ2v) is 5.37. The van der Waals surface area contributed by atoms with Gasteiger partial charge in [-0.1, -0.05) is 11.8 Å². The molecule has 0 spiro atoms. The number of anilines is 1. The first-order valence-electron chi connectivity index (χ1n) is 6.13. The number of halogens is 4. The number of thioether (sulfide) groups is 1. The van der Waals surface area contributed by atoms with E-state index in [0.717, 1.165) is 0 Å². The van der Waals surface area contributed by atoms with E-state index in [1.54, 1.807) is 24.0 Å². The Bertz CT molecular complexity index is 679. The van der Waals surface area contributed by atoms with Crippen molar-refractivity contribution in [3.63, 3.8) is 0 Å². The molecule has 0 fully saturated rings. The molecule has 1 N–H and O–H groups in total. The van der Waals surface area contributed by atoms with Crippen LogP contribution in [0.3, 0.4) is 0 Å². The van der Waals surface area contributed by atoms with Gasteiger partial charge in [-0.05, 0) is 0 Å². The van der Waals surface area contributed by atoms with Crippen LogP contribution >= 0.6 is 11.8 Å². The molecule has 2 rings (SSSR count). The molecule has 0 aliphatic carbocycles. The van der Waals surface area contributed by atoms with Crippen molar-refractivity contribution in [1.82, 2.24) is 9.55 Å². The monoisotopic (exact) mass is 333 g/mol. The molecule has 0 saturated carbocycles. The summed E-state index contributed by atoms with van der Waals surface area (Å²) in [6.45, 7) is 0. The van der Waals surface area contributed by atoms with Crippen molar-refractivity contribution < 1.29 is 22.4 Å². The highest BCUT2D eigenvalue weighted by Crippen LogP contribution is 2.24. The van der Waals surface area contributed by atoms with Gasteiger partial charge in [0.15, 0.2) is 28.4 Å². The van der Waals surface area contributed by atoms with Gasteiger partial charge in [-0.3, -0.25) is 4.79 Å². The molecule has 0 aliphatic rings. The van der Waals surface area contributed by atoms with E-state index in [9.17, 15) is 22.4 Å². The number of nitrogens with zero attached hydrogens (tertiary/aromatic N) is 2. The van der Waals surface area contributed by atoms with E-state index in [-0.39, 0.29) is 18.2 Å². The fourth-order valence-electron chi connectivity index (χ4n) is 1.61. The minimum Gasteiger partial charge on any atom is -0.329 e. The Kier molecular flexibility index (Phi) is 5.07. The van der Waals surface area contributed by atoms with Crippen molar-refractivity contribution in [3.05, 3.63) is 41.7 Å². The second-order valence-electron chi connectivity index (χ2n) is 4.31. The third-order valence-corrected chi connectivity index (χ3v) is 3.77. The fraction of sp³-hybridized carbons (Fsp3) is 0.231. The zero-order chi connectivity index (χ0) is 16.3. The van der Waals surface area contributed by atoms with Gasteiger partial charge >= 0.3 is 0 Å². The number of nitrogens with one attached hydrogen (secondary N) is 1. The molecule has 0 aliphatic heterocycles. The van der Waals surface area contributed by atoms with Crippen LogP contribution in [-0.2, 0) is 11.8 Å². The van der Waals surface area contributed by atoms with Gasteiger partial charge in [-0.2, -0.15) is 0 Å². The topological polar surface area (TPSA) is 46.9 Å². The number of aromatic nitrogens is 2. The molecular formula is C13H11F4N3OS. The lowest BCUT2D eigenvalue weighted by atomic mass is 10.2. The smallest absolute Gasteiger partial charge is 0.225 e. The van der Waals surface area contributed by atoms with Gasteiger partial charge in [-0.15, -0.1) is 0 Å². The molecule has 0 saturated heterocycles. The van der Waals surface area contributed by atoms with Gasteiger partial charge in [-0.25, -0.2) is 22.5 Å². The van der Waals surface area contributed by atoms with E-state index in [1.807, 2.05) is 5.32 Å².